The minimum atomic E-state index is -2.58. The second kappa shape index (κ2) is 4.04. The molecule has 2 aliphatic rings. The summed E-state index contributed by atoms with van der Waals surface area (Å²) in [6, 6.07) is 0. The number of allylic oxidation sites excluding steroid dienone is 2. The summed E-state index contributed by atoms with van der Waals surface area (Å²) in [5, 5.41) is 0. The molecule has 0 heterocycles. The average Bonchev–Trinajstić information content (AvgIpc) is 2.19. The maximum Gasteiger partial charge on any atom is 0.251 e. The zero-order valence-electron chi connectivity index (χ0n) is 9.12. The smallest absolute Gasteiger partial charge is 0.207 e. The second-order valence-corrected chi connectivity index (χ2v) is 4.97. The highest BCUT2D eigenvalue weighted by Crippen LogP contribution is 2.43. The van der Waals surface area contributed by atoms with Gasteiger partial charge in [-0.3, -0.25) is 0 Å². The molecule has 0 aromatic rings. The van der Waals surface area contributed by atoms with Gasteiger partial charge in [0, 0.05) is 25.7 Å². The van der Waals surface area contributed by atoms with Crippen molar-refractivity contribution in [2.24, 2.45) is 5.92 Å². The van der Waals surface area contributed by atoms with E-state index in [1.54, 1.807) is 6.08 Å². The van der Waals surface area contributed by atoms with E-state index in [0.717, 1.165) is 5.57 Å². The number of halogens is 4. The van der Waals surface area contributed by atoms with Gasteiger partial charge >= 0.3 is 0 Å². The number of hydrogen-bond acceptors (Lipinski definition) is 0. The van der Waals surface area contributed by atoms with Crippen LogP contribution in [0.5, 0.6) is 0 Å². The molecule has 0 aliphatic heterocycles. The van der Waals surface area contributed by atoms with E-state index < -0.39 is 11.8 Å². The van der Waals surface area contributed by atoms with Gasteiger partial charge in [0.2, 0.25) is 5.92 Å². The fraction of sp³-hybridized carbons (Fsp3) is 0.833. The van der Waals surface area contributed by atoms with Crippen LogP contribution in [-0.2, 0) is 0 Å². The van der Waals surface area contributed by atoms with Crippen LogP contribution in [0.3, 0.4) is 0 Å². The Kier molecular flexibility index (Phi) is 3.01. The summed E-state index contributed by atoms with van der Waals surface area (Å²) in [5.41, 5.74) is 0.987. The highest BCUT2D eigenvalue weighted by Gasteiger charge is 2.38. The van der Waals surface area contributed by atoms with Crippen LogP contribution in [0.4, 0.5) is 17.6 Å². The van der Waals surface area contributed by atoms with E-state index >= 15 is 0 Å². The summed E-state index contributed by atoms with van der Waals surface area (Å²) in [7, 11) is 0. The number of hydrogen-bond donors (Lipinski definition) is 0. The van der Waals surface area contributed by atoms with Gasteiger partial charge in [-0.15, -0.1) is 0 Å². The Labute approximate surface area is 92.7 Å². The van der Waals surface area contributed by atoms with Crippen LogP contribution in [0, 0.1) is 5.92 Å². The molecule has 2 aliphatic carbocycles. The van der Waals surface area contributed by atoms with Crippen LogP contribution in [0.15, 0.2) is 11.6 Å². The van der Waals surface area contributed by atoms with Gasteiger partial charge in [0.05, 0.1) is 0 Å². The first kappa shape index (κ1) is 11.9. The molecule has 0 N–H and O–H groups in total. The van der Waals surface area contributed by atoms with Gasteiger partial charge in [0.25, 0.3) is 5.92 Å². The predicted molar refractivity (Wildman–Crippen MR) is 53.8 cm³/mol. The third-order valence-electron chi connectivity index (χ3n) is 3.68. The van der Waals surface area contributed by atoms with Crippen molar-refractivity contribution < 1.29 is 17.6 Å². The molecule has 0 unspecified atom stereocenters. The summed E-state index contributed by atoms with van der Waals surface area (Å²) in [4.78, 5) is 0. The van der Waals surface area contributed by atoms with Crippen LogP contribution in [0.1, 0.15) is 44.9 Å². The zero-order valence-corrected chi connectivity index (χ0v) is 9.12. The van der Waals surface area contributed by atoms with Gasteiger partial charge in [-0.2, -0.15) is 0 Å². The minimum absolute atomic E-state index is 0.0919. The second-order valence-electron chi connectivity index (χ2n) is 4.97. The molecule has 0 atom stereocenters. The van der Waals surface area contributed by atoms with Gasteiger partial charge in [-0.25, -0.2) is 17.6 Å². The quantitative estimate of drug-likeness (QED) is 0.462. The summed E-state index contributed by atoms with van der Waals surface area (Å²) >= 11 is 0. The van der Waals surface area contributed by atoms with Crippen LogP contribution in [0.2, 0.25) is 0 Å². The lowest BCUT2D eigenvalue weighted by molar-refractivity contribution is -0.0447. The molecule has 0 aromatic carbocycles. The van der Waals surface area contributed by atoms with Crippen molar-refractivity contribution in [1.82, 2.24) is 0 Å². The molecule has 0 bridgehead atoms. The average molecular weight is 236 g/mol. The highest BCUT2D eigenvalue weighted by atomic mass is 19.3. The van der Waals surface area contributed by atoms with Gasteiger partial charge < -0.3 is 0 Å². The molecule has 1 fully saturated rings. The van der Waals surface area contributed by atoms with Crippen LogP contribution in [-0.4, -0.2) is 11.8 Å². The molecule has 92 valence electrons. The molecular weight excluding hydrogens is 220 g/mol. The van der Waals surface area contributed by atoms with E-state index in [4.69, 9.17) is 0 Å². The Hall–Kier alpha value is -0.540. The molecular formula is C12H16F4. The van der Waals surface area contributed by atoms with Crippen molar-refractivity contribution in [1.29, 1.82) is 0 Å². The predicted octanol–water partition coefficient (Wildman–Crippen LogP) is 4.56. The van der Waals surface area contributed by atoms with E-state index in [0.29, 0.717) is 19.3 Å². The van der Waals surface area contributed by atoms with Crippen LogP contribution >= 0.6 is 0 Å². The lowest BCUT2D eigenvalue weighted by Gasteiger charge is -2.32. The van der Waals surface area contributed by atoms with E-state index in [2.05, 4.69) is 0 Å². The monoisotopic (exact) mass is 236 g/mol. The number of rotatable bonds is 1. The Morgan fingerprint density at radius 2 is 1.56 bits per heavy atom. The molecule has 16 heavy (non-hydrogen) atoms. The van der Waals surface area contributed by atoms with Gasteiger partial charge in [-0.05, 0) is 25.2 Å². The molecule has 0 saturated heterocycles. The molecule has 4 heteroatoms. The van der Waals surface area contributed by atoms with E-state index in [1.807, 2.05) is 0 Å². The van der Waals surface area contributed by atoms with Crippen molar-refractivity contribution in [3.63, 3.8) is 0 Å². The van der Waals surface area contributed by atoms with Crippen LogP contribution in [0.25, 0.3) is 0 Å². The van der Waals surface area contributed by atoms with Gasteiger partial charge in [0.15, 0.2) is 0 Å². The largest absolute Gasteiger partial charge is 0.251 e. The zero-order chi connectivity index (χ0) is 11.8. The third-order valence-corrected chi connectivity index (χ3v) is 3.68. The van der Waals surface area contributed by atoms with Gasteiger partial charge in [-0.1, -0.05) is 11.6 Å². The topological polar surface area (TPSA) is 0 Å². The van der Waals surface area contributed by atoms with Crippen molar-refractivity contribution in [3.8, 4) is 0 Å². The summed E-state index contributed by atoms with van der Waals surface area (Å²) in [6.07, 6.45) is 2.34. The highest BCUT2D eigenvalue weighted by molar-refractivity contribution is 5.13. The lowest BCUT2D eigenvalue weighted by Crippen LogP contribution is -2.27. The summed E-state index contributed by atoms with van der Waals surface area (Å²) in [5.74, 6) is -4.99. The van der Waals surface area contributed by atoms with Crippen molar-refractivity contribution in [2.75, 3.05) is 0 Å². The molecule has 0 aromatic heterocycles. The molecule has 2 rings (SSSR count). The molecule has 0 nitrogen and oxygen atoms in total. The van der Waals surface area contributed by atoms with E-state index in [1.165, 1.54) is 0 Å². The van der Waals surface area contributed by atoms with Crippen molar-refractivity contribution in [2.45, 2.75) is 56.8 Å². The van der Waals surface area contributed by atoms with E-state index in [9.17, 15) is 17.6 Å². The first-order chi connectivity index (χ1) is 7.38. The molecule has 0 radical (unpaired) electrons. The third kappa shape index (κ3) is 2.77. The Morgan fingerprint density at radius 3 is 2.06 bits per heavy atom. The van der Waals surface area contributed by atoms with Crippen molar-refractivity contribution >= 4 is 0 Å². The first-order valence-corrected chi connectivity index (χ1v) is 5.83. The lowest BCUT2D eigenvalue weighted by atomic mass is 9.78. The van der Waals surface area contributed by atoms with Crippen LogP contribution < -0.4 is 0 Å². The summed E-state index contributed by atoms with van der Waals surface area (Å²) in [6.45, 7) is 0. The Morgan fingerprint density at radius 1 is 0.938 bits per heavy atom. The molecule has 0 amide bonds. The van der Waals surface area contributed by atoms with Crippen molar-refractivity contribution in [3.05, 3.63) is 11.6 Å². The fourth-order valence-electron chi connectivity index (χ4n) is 2.59. The number of alkyl halides is 4. The SMILES string of the molecule is FC1(F)CC=C(C2CCC(F)(F)CC2)CC1. The normalized spacial score (nSPS) is 29.9. The summed E-state index contributed by atoms with van der Waals surface area (Å²) < 4.78 is 51.7. The standard InChI is InChI=1S/C12H16F4/c13-11(14)5-1-9(2-6-11)10-3-7-12(15,16)8-4-10/h1,10H,2-8H2. The van der Waals surface area contributed by atoms with Gasteiger partial charge in [0.1, 0.15) is 0 Å². The first-order valence-electron chi connectivity index (χ1n) is 5.83. The molecule has 1 saturated carbocycles. The van der Waals surface area contributed by atoms with E-state index in [-0.39, 0.29) is 31.6 Å². The molecule has 0 spiro atoms. The maximum atomic E-state index is 12.9. The Bertz CT molecular complexity index is 283. The minimum Gasteiger partial charge on any atom is -0.207 e. The Balaban J connectivity index is 1.93. The fourth-order valence-corrected chi connectivity index (χ4v) is 2.59. The maximum absolute atomic E-state index is 12.9.